The zero-order chi connectivity index (χ0) is 20.3. The zero-order valence-corrected chi connectivity index (χ0v) is 17.1. The van der Waals surface area contributed by atoms with Gasteiger partial charge in [0.1, 0.15) is 11.1 Å². The van der Waals surface area contributed by atoms with E-state index in [-0.39, 0.29) is 13.1 Å². The molecule has 2 aliphatic rings. The van der Waals surface area contributed by atoms with E-state index in [1.165, 1.54) is 4.90 Å². The first kappa shape index (κ1) is 20.9. The molecule has 154 valence electrons. The Morgan fingerprint density at radius 2 is 2.00 bits per heavy atom. The van der Waals surface area contributed by atoms with Gasteiger partial charge < -0.3 is 10.1 Å². The Morgan fingerprint density at radius 1 is 1.36 bits per heavy atom. The summed E-state index contributed by atoms with van der Waals surface area (Å²) >= 11 is 4.52. The van der Waals surface area contributed by atoms with Crippen LogP contribution in [0.15, 0.2) is 28.6 Å². The lowest BCUT2D eigenvalue weighted by Gasteiger charge is -2.25. The van der Waals surface area contributed by atoms with Crippen LogP contribution in [-0.2, 0) is 14.5 Å². The average Bonchev–Trinajstić information content (AvgIpc) is 3.07. The van der Waals surface area contributed by atoms with Gasteiger partial charge in [-0.3, -0.25) is 4.90 Å². The van der Waals surface area contributed by atoms with Crippen LogP contribution in [0.3, 0.4) is 0 Å². The number of nitrogens with one attached hydrogen (secondary N) is 1. The molecule has 28 heavy (non-hydrogen) atoms. The summed E-state index contributed by atoms with van der Waals surface area (Å²) in [5.74, 6) is 1.57. The minimum Gasteiger partial charge on any atom is -0.442 e. The Hall–Kier alpha value is -1.81. The Morgan fingerprint density at radius 3 is 2.57 bits per heavy atom. The number of anilines is 1. The van der Waals surface area contributed by atoms with Crippen molar-refractivity contribution < 1.29 is 22.5 Å². The summed E-state index contributed by atoms with van der Waals surface area (Å²) in [5, 5.41) is 2.43. The smallest absolute Gasteiger partial charge is 0.414 e. The summed E-state index contributed by atoms with van der Waals surface area (Å²) in [7, 11) is -0.406. The fourth-order valence-electron chi connectivity index (χ4n) is 3.47. The second kappa shape index (κ2) is 8.69. The molecule has 1 atom stereocenters. The predicted molar refractivity (Wildman–Crippen MR) is 109 cm³/mol. The number of halogens is 2. The first-order valence-electron chi connectivity index (χ1n) is 9.06. The standard InChI is InChI=1S/C18H23F2N3O3S2/c1-21-28(25)8-6-13(7-9-28)12-2-4-14(5-3-12)23-11-15(26-18(23)24)10-22-17(27)16(19)20/h2-5,13,15-16H,6-11H2,1H3,(H,22,27)/t13?,15-,28?/m0/s1. The molecule has 0 unspecified atom stereocenters. The SMILES string of the molecule is CN=S1(=O)CCC(c2ccc(N3C[C@H](CNC(=S)C(F)F)OC3=O)cc2)CC1. The second-order valence-electron chi connectivity index (χ2n) is 6.89. The third kappa shape index (κ3) is 4.78. The van der Waals surface area contributed by atoms with E-state index in [2.05, 4.69) is 21.9 Å². The summed E-state index contributed by atoms with van der Waals surface area (Å²) in [5.41, 5.74) is 1.84. The summed E-state index contributed by atoms with van der Waals surface area (Å²) < 4.78 is 46.4. The minimum atomic E-state index is -2.73. The molecule has 1 amide bonds. The number of carbonyl (C=O) groups excluding carboxylic acids is 1. The zero-order valence-electron chi connectivity index (χ0n) is 15.5. The number of ether oxygens (including phenoxy) is 1. The largest absolute Gasteiger partial charge is 0.442 e. The highest BCUT2D eigenvalue weighted by molar-refractivity contribution is 7.93. The summed E-state index contributed by atoms with van der Waals surface area (Å²) in [6, 6.07) is 7.65. The van der Waals surface area contributed by atoms with Crippen molar-refractivity contribution in [2.75, 3.05) is 36.5 Å². The van der Waals surface area contributed by atoms with E-state index < -0.39 is 33.3 Å². The second-order valence-corrected chi connectivity index (χ2v) is 10.1. The van der Waals surface area contributed by atoms with Crippen LogP contribution in [0.1, 0.15) is 24.3 Å². The molecule has 6 nitrogen and oxygen atoms in total. The lowest BCUT2D eigenvalue weighted by atomic mass is 9.93. The molecule has 2 fully saturated rings. The number of alkyl halides is 2. The van der Waals surface area contributed by atoms with Gasteiger partial charge in [0.05, 0.1) is 13.1 Å². The molecule has 0 aromatic heterocycles. The molecule has 0 saturated carbocycles. The molecule has 3 rings (SSSR count). The maximum atomic E-state index is 12.4. The van der Waals surface area contributed by atoms with Crippen LogP contribution in [0, 0.1) is 0 Å². The third-order valence-corrected chi connectivity index (χ3v) is 7.89. The first-order chi connectivity index (χ1) is 13.3. The number of hydrogen-bond donors (Lipinski definition) is 1. The molecule has 1 N–H and O–H groups in total. The van der Waals surface area contributed by atoms with Crippen molar-refractivity contribution in [3.05, 3.63) is 29.8 Å². The number of carbonyl (C=O) groups is 1. The van der Waals surface area contributed by atoms with Crippen LogP contribution >= 0.6 is 12.2 Å². The fourth-order valence-corrected chi connectivity index (χ4v) is 5.43. The van der Waals surface area contributed by atoms with E-state index in [9.17, 15) is 17.8 Å². The van der Waals surface area contributed by atoms with Crippen LogP contribution in [0.4, 0.5) is 19.3 Å². The van der Waals surface area contributed by atoms with Gasteiger partial charge in [-0.05, 0) is 36.5 Å². The number of cyclic esters (lactones) is 1. The van der Waals surface area contributed by atoms with Crippen LogP contribution in [-0.4, -0.2) is 59.5 Å². The lowest BCUT2D eigenvalue weighted by molar-refractivity contribution is 0.142. The van der Waals surface area contributed by atoms with E-state index >= 15 is 0 Å². The van der Waals surface area contributed by atoms with E-state index in [1.807, 2.05) is 24.3 Å². The molecule has 0 aliphatic carbocycles. The summed E-state index contributed by atoms with van der Waals surface area (Å²) in [4.78, 5) is 13.0. The summed E-state index contributed by atoms with van der Waals surface area (Å²) in [6.45, 7) is 0.313. The quantitative estimate of drug-likeness (QED) is 0.725. The Labute approximate surface area is 168 Å². The minimum absolute atomic E-state index is 0.0489. The Kier molecular flexibility index (Phi) is 6.49. The lowest BCUT2D eigenvalue weighted by Crippen LogP contribution is -2.36. The molecular formula is C18H23F2N3O3S2. The molecule has 0 radical (unpaired) electrons. The van der Waals surface area contributed by atoms with Gasteiger partial charge >= 0.3 is 6.09 Å². The molecule has 2 aliphatic heterocycles. The van der Waals surface area contributed by atoms with Crippen molar-refractivity contribution in [2.45, 2.75) is 31.3 Å². The fraction of sp³-hybridized carbons (Fsp3) is 0.556. The van der Waals surface area contributed by atoms with Crippen molar-refractivity contribution in [1.82, 2.24) is 5.32 Å². The maximum absolute atomic E-state index is 12.4. The number of nitrogens with zero attached hydrogens (tertiary/aromatic N) is 2. The molecule has 1 aromatic rings. The molecule has 2 saturated heterocycles. The first-order valence-corrected chi connectivity index (χ1v) is 11.3. The number of benzene rings is 1. The van der Waals surface area contributed by atoms with E-state index in [4.69, 9.17) is 4.74 Å². The molecule has 10 heteroatoms. The Bertz CT molecular complexity index is 840. The van der Waals surface area contributed by atoms with Gasteiger partial charge in [0.15, 0.2) is 0 Å². The Balaban J connectivity index is 1.58. The van der Waals surface area contributed by atoms with Crippen molar-refractivity contribution >= 4 is 38.7 Å². The average molecular weight is 432 g/mol. The van der Waals surface area contributed by atoms with Gasteiger partial charge in [0.25, 0.3) is 6.43 Å². The highest BCUT2D eigenvalue weighted by Crippen LogP contribution is 2.31. The van der Waals surface area contributed by atoms with Crippen molar-refractivity contribution in [3.63, 3.8) is 0 Å². The molecule has 0 bridgehead atoms. The topological polar surface area (TPSA) is 71.0 Å². The normalized spacial score (nSPS) is 27.6. The molecule has 1 aromatic carbocycles. The number of rotatable bonds is 5. The van der Waals surface area contributed by atoms with Crippen molar-refractivity contribution in [1.29, 1.82) is 0 Å². The van der Waals surface area contributed by atoms with Crippen LogP contribution in [0.2, 0.25) is 0 Å². The van der Waals surface area contributed by atoms with Crippen LogP contribution in [0.25, 0.3) is 0 Å². The van der Waals surface area contributed by atoms with Crippen LogP contribution in [0.5, 0.6) is 0 Å². The van der Waals surface area contributed by atoms with Gasteiger partial charge in [-0.25, -0.2) is 22.1 Å². The molecule has 2 heterocycles. The van der Waals surface area contributed by atoms with E-state index in [0.717, 1.165) is 18.4 Å². The van der Waals surface area contributed by atoms with Gasteiger partial charge in [-0.2, -0.15) is 0 Å². The van der Waals surface area contributed by atoms with Gasteiger partial charge in [0.2, 0.25) is 0 Å². The van der Waals surface area contributed by atoms with E-state index in [0.29, 0.717) is 23.1 Å². The molecule has 0 spiro atoms. The summed E-state index contributed by atoms with van der Waals surface area (Å²) in [6.07, 6.45) is -2.12. The number of amides is 1. The molecular weight excluding hydrogens is 408 g/mol. The van der Waals surface area contributed by atoms with Crippen molar-refractivity contribution in [3.8, 4) is 0 Å². The van der Waals surface area contributed by atoms with E-state index in [1.54, 1.807) is 7.05 Å². The third-order valence-electron chi connectivity index (χ3n) is 5.16. The van der Waals surface area contributed by atoms with Gasteiger partial charge in [-0.15, -0.1) is 0 Å². The predicted octanol–water partition coefficient (Wildman–Crippen LogP) is 3.17. The van der Waals surface area contributed by atoms with Crippen molar-refractivity contribution in [2.24, 2.45) is 4.36 Å². The highest BCUT2D eigenvalue weighted by Gasteiger charge is 2.33. The highest BCUT2D eigenvalue weighted by atomic mass is 32.2. The number of thiocarbonyl (C=S) groups is 1. The number of hydrogen-bond acceptors (Lipinski definition) is 5. The monoisotopic (exact) mass is 431 g/mol. The van der Waals surface area contributed by atoms with Gasteiger partial charge in [0, 0.05) is 34.0 Å². The maximum Gasteiger partial charge on any atom is 0.414 e. The van der Waals surface area contributed by atoms with Gasteiger partial charge in [-0.1, -0.05) is 24.4 Å². The van der Waals surface area contributed by atoms with Crippen LogP contribution < -0.4 is 10.2 Å².